The molecule has 0 aliphatic rings. The summed E-state index contributed by atoms with van der Waals surface area (Å²) in [6.07, 6.45) is 12.6. The number of carbonyl (C=O) groups is 2. The zero-order chi connectivity index (χ0) is 20.5. The van der Waals surface area contributed by atoms with E-state index in [1.165, 1.54) is 38.5 Å². The van der Waals surface area contributed by atoms with Crippen molar-refractivity contribution in [3.8, 4) is 0 Å². The van der Waals surface area contributed by atoms with E-state index in [1.54, 1.807) is 0 Å². The molecule has 2 aromatic rings. The summed E-state index contributed by atoms with van der Waals surface area (Å²) in [7, 11) is 0. The smallest absolute Gasteiger partial charge is 0.122 e. The minimum absolute atomic E-state index is 0. The molecular formula is C26H38FeO2-6. The maximum atomic E-state index is 12.3. The molecule has 29 heavy (non-hydrogen) atoms. The van der Waals surface area contributed by atoms with Crippen LogP contribution >= 0.6 is 0 Å². The summed E-state index contributed by atoms with van der Waals surface area (Å²) in [5.74, 6) is 0.279. The van der Waals surface area contributed by atoms with E-state index < -0.39 is 0 Å². The Morgan fingerprint density at radius 2 is 1.24 bits per heavy atom. The Bertz CT molecular complexity index is 567. The van der Waals surface area contributed by atoms with E-state index in [0.29, 0.717) is 24.0 Å². The number of unbranched alkanes of at least 4 members (excludes halogenated alkanes) is 8. The Balaban J connectivity index is 0.00000113. The van der Waals surface area contributed by atoms with E-state index in [1.807, 2.05) is 48.5 Å². The summed E-state index contributed by atoms with van der Waals surface area (Å²) in [6.45, 7) is 4.38. The Labute approximate surface area is 188 Å². The number of rotatable bonds is 14. The second-order valence-corrected chi connectivity index (χ2v) is 7.49. The standard InChI is InChI=1S/C21H33O2.C5H5.Fe/c1-3-5-7-9-11-16-20(22)18-14-13-15-19(18)21(23)17-12-10-8-6-4-2;1-2-4-5-3-1;/h13-15H,3-12,16-17H2,1-2H3;1-5H;/q-1;-5;. The van der Waals surface area contributed by atoms with Gasteiger partial charge in [-0.15, -0.1) is 11.6 Å². The summed E-state index contributed by atoms with van der Waals surface area (Å²) < 4.78 is 0. The van der Waals surface area contributed by atoms with Gasteiger partial charge in [0.2, 0.25) is 0 Å². The van der Waals surface area contributed by atoms with Gasteiger partial charge in [0.25, 0.3) is 0 Å². The van der Waals surface area contributed by atoms with E-state index in [9.17, 15) is 9.59 Å². The van der Waals surface area contributed by atoms with Crippen LogP contribution in [0.1, 0.15) is 112 Å². The summed E-state index contributed by atoms with van der Waals surface area (Å²) in [5.41, 5.74) is 1.30. The molecule has 168 valence electrons. The summed E-state index contributed by atoms with van der Waals surface area (Å²) in [6, 6.07) is 15.5. The molecule has 0 N–H and O–H groups in total. The van der Waals surface area contributed by atoms with Crippen molar-refractivity contribution in [3.63, 3.8) is 0 Å². The maximum absolute atomic E-state index is 12.3. The van der Waals surface area contributed by atoms with E-state index in [0.717, 1.165) is 25.7 Å². The van der Waals surface area contributed by atoms with Crippen molar-refractivity contribution in [1.29, 1.82) is 0 Å². The number of ketones is 2. The zero-order valence-electron chi connectivity index (χ0n) is 18.3. The van der Waals surface area contributed by atoms with Crippen LogP contribution < -0.4 is 0 Å². The monoisotopic (exact) mass is 438 g/mol. The third-order valence-corrected chi connectivity index (χ3v) is 4.99. The first-order valence-corrected chi connectivity index (χ1v) is 11.2. The minimum atomic E-state index is 0. The second-order valence-electron chi connectivity index (χ2n) is 7.49. The largest absolute Gasteiger partial charge is 0.748 e. The van der Waals surface area contributed by atoms with E-state index in [-0.39, 0.29) is 28.6 Å². The van der Waals surface area contributed by atoms with Gasteiger partial charge in [-0.2, -0.15) is 12.1 Å². The zero-order valence-corrected chi connectivity index (χ0v) is 19.4. The van der Waals surface area contributed by atoms with E-state index >= 15 is 0 Å². The van der Waals surface area contributed by atoms with Crippen LogP contribution in [0.2, 0.25) is 0 Å². The fraction of sp³-hybridized carbons (Fsp3) is 0.538. The van der Waals surface area contributed by atoms with Gasteiger partial charge in [-0.25, -0.2) is 0 Å². The Hall–Kier alpha value is -1.44. The number of hydrogen-bond donors (Lipinski definition) is 0. The first-order chi connectivity index (χ1) is 13.7. The van der Waals surface area contributed by atoms with Crippen molar-refractivity contribution in [3.05, 3.63) is 59.7 Å². The van der Waals surface area contributed by atoms with Gasteiger partial charge in [0, 0.05) is 23.5 Å². The van der Waals surface area contributed by atoms with E-state index in [2.05, 4.69) is 13.8 Å². The third kappa shape index (κ3) is 12.7. The van der Waals surface area contributed by atoms with Crippen LogP contribution in [0.3, 0.4) is 0 Å². The molecule has 0 radical (unpaired) electrons. The Morgan fingerprint density at radius 1 is 0.759 bits per heavy atom. The fourth-order valence-corrected chi connectivity index (χ4v) is 3.27. The van der Waals surface area contributed by atoms with Gasteiger partial charge in [-0.3, -0.25) is 0 Å². The molecule has 2 rings (SSSR count). The molecule has 0 saturated heterocycles. The van der Waals surface area contributed by atoms with Gasteiger partial charge in [-0.1, -0.05) is 77.2 Å². The molecule has 0 fully saturated rings. The SMILES string of the molecule is CCCCCCCC(=O)c1ccc[c-]1C(=O)CCCCCCC.[Fe].[cH-]1[cH-][cH-][cH-][cH-]1. The van der Waals surface area contributed by atoms with E-state index in [4.69, 9.17) is 0 Å². The van der Waals surface area contributed by atoms with Crippen LogP contribution in [0.4, 0.5) is 0 Å². The fourth-order valence-electron chi connectivity index (χ4n) is 3.27. The van der Waals surface area contributed by atoms with Gasteiger partial charge in [-0.05, 0) is 12.8 Å². The average Bonchev–Trinajstić information content (AvgIpc) is 3.42. The molecule has 0 amide bonds. The van der Waals surface area contributed by atoms with Crippen LogP contribution in [-0.2, 0) is 17.1 Å². The molecule has 0 unspecified atom stereocenters. The summed E-state index contributed by atoms with van der Waals surface area (Å²) >= 11 is 0. The van der Waals surface area contributed by atoms with Crippen molar-refractivity contribution >= 4 is 11.6 Å². The van der Waals surface area contributed by atoms with Gasteiger partial charge in [0.15, 0.2) is 0 Å². The molecule has 0 saturated carbocycles. The summed E-state index contributed by atoms with van der Waals surface area (Å²) in [4.78, 5) is 24.7. The topological polar surface area (TPSA) is 34.1 Å². The number of hydrogen-bond acceptors (Lipinski definition) is 2. The van der Waals surface area contributed by atoms with Crippen LogP contribution in [0.15, 0.2) is 48.5 Å². The molecule has 3 heteroatoms. The van der Waals surface area contributed by atoms with Crippen molar-refractivity contribution in [2.75, 3.05) is 0 Å². The van der Waals surface area contributed by atoms with Gasteiger partial charge >= 0.3 is 0 Å². The molecule has 0 aliphatic carbocycles. The predicted octanol–water partition coefficient (Wildman–Crippen LogP) is 7.89. The quantitative estimate of drug-likeness (QED) is 0.130. The molecule has 0 bridgehead atoms. The minimum Gasteiger partial charge on any atom is -0.748 e. The van der Waals surface area contributed by atoms with Crippen LogP contribution in [0.25, 0.3) is 0 Å². The van der Waals surface area contributed by atoms with Crippen LogP contribution in [-0.4, -0.2) is 11.6 Å². The molecular weight excluding hydrogens is 400 g/mol. The van der Waals surface area contributed by atoms with Crippen molar-refractivity contribution in [2.45, 2.75) is 90.9 Å². The normalized spacial score (nSPS) is 10.0. The maximum Gasteiger partial charge on any atom is 0.122 e. The first kappa shape index (κ1) is 27.6. The summed E-state index contributed by atoms with van der Waals surface area (Å²) in [5, 5.41) is 0. The Morgan fingerprint density at radius 3 is 1.76 bits per heavy atom. The van der Waals surface area contributed by atoms with Crippen LogP contribution in [0.5, 0.6) is 0 Å². The van der Waals surface area contributed by atoms with Crippen molar-refractivity contribution < 1.29 is 26.7 Å². The molecule has 0 heterocycles. The third-order valence-electron chi connectivity index (χ3n) is 4.99. The average molecular weight is 438 g/mol. The second kappa shape index (κ2) is 18.6. The molecule has 0 aromatic heterocycles. The predicted molar refractivity (Wildman–Crippen MR) is 119 cm³/mol. The molecule has 2 nitrogen and oxygen atoms in total. The molecule has 2 aromatic carbocycles. The molecule has 0 aliphatic heterocycles. The number of carbonyl (C=O) groups excluding carboxylic acids is 2. The van der Waals surface area contributed by atoms with Crippen molar-refractivity contribution in [1.82, 2.24) is 0 Å². The van der Waals surface area contributed by atoms with Gasteiger partial charge in [0.1, 0.15) is 5.78 Å². The van der Waals surface area contributed by atoms with Gasteiger partial charge < -0.3 is 39.9 Å². The number of Topliss-reactive ketones (excluding diaryl/α,β-unsaturated/α-hetero) is 2. The Kier molecular flexibility index (Phi) is 17.7. The van der Waals surface area contributed by atoms with Crippen molar-refractivity contribution in [2.24, 2.45) is 0 Å². The molecule has 0 spiro atoms. The molecule has 0 atom stereocenters. The van der Waals surface area contributed by atoms with Gasteiger partial charge in [0.05, 0.1) is 5.78 Å². The van der Waals surface area contributed by atoms with Crippen LogP contribution in [0, 0.1) is 0 Å². The first-order valence-electron chi connectivity index (χ1n) is 11.2.